The highest BCUT2D eigenvalue weighted by Crippen LogP contribution is 2.20. The van der Waals surface area contributed by atoms with Crippen LogP contribution in [0.5, 0.6) is 0 Å². The van der Waals surface area contributed by atoms with E-state index in [1.54, 1.807) is 0 Å². The minimum Gasteiger partial charge on any atom is -0.268 e. The van der Waals surface area contributed by atoms with Crippen LogP contribution in [0.25, 0.3) is 0 Å². The Morgan fingerprint density at radius 1 is 1.29 bits per heavy atom. The van der Waals surface area contributed by atoms with Crippen molar-refractivity contribution in [3.05, 3.63) is 15.9 Å². The number of aryl methyl sites for hydroxylation is 2. The number of hydrogen-bond donors (Lipinski definition) is 0. The maximum atomic E-state index is 5.61. The van der Waals surface area contributed by atoms with Gasteiger partial charge < -0.3 is 0 Å². The van der Waals surface area contributed by atoms with Crippen LogP contribution in [-0.2, 0) is 6.54 Å². The van der Waals surface area contributed by atoms with Crippen molar-refractivity contribution < 1.29 is 0 Å². The first kappa shape index (κ1) is 12.1. The second-order valence-electron chi connectivity index (χ2n) is 3.46. The predicted molar refractivity (Wildman–Crippen MR) is 64.0 cm³/mol. The Balaban J connectivity index is 2.47. The summed E-state index contributed by atoms with van der Waals surface area (Å²) in [6, 6.07) is 0. The number of alkyl halides is 1. The lowest BCUT2D eigenvalue weighted by Crippen LogP contribution is -2.02. The lowest BCUT2D eigenvalue weighted by atomic mass is 10.2. The third-order valence-electron chi connectivity index (χ3n) is 2.30. The Hall–Kier alpha value is -0.0200. The van der Waals surface area contributed by atoms with Gasteiger partial charge in [0.15, 0.2) is 0 Å². The molecule has 4 heteroatoms. The van der Waals surface area contributed by atoms with Gasteiger partial charge in [0.2, 0.25) is 0 Å². The Bertz CT molecular complexity index is 297. The summed E-state index contributed by atoms with van der Waals surface area (Å²) >= 11 is 9.13. The molecule has 1 rings (SSSR count). The zero-order valence-electron chi connectivity index (χ0n) is 8.69. The average Bonchev–Trinajstić information content (AvgIpc) is 2.41. The predicted octanol–water partition coefficient (Wildman–Crippen LogP) is 3.67. The summed E-state index contributed by atoms with van der Waals surface area (Å²) in [7, 11) is 0. The Kier molecular flexibility index (Phi) is 4.96. The maximum Gasteiger partial charge on any atom is 0.0738 e. The fourth-order valence-electron chi connectivity index (χ4n) is 1.43. The van der Waals surface area contributed by atoms with E-state index in [1.165, 1.54) is 12.1 Å². The van der Waals surface area contributed by atoms with Crippen LogP contribution < -0.4 is 0 Å². The molecule has 0 N–H and O–H groups in total. The van der Waals surface area contributed by atoms with Crippen LogP contribution in [0.3, 0.4) is 0 Å². The number of rotatable bonds is 5. The highest BCUT2D eigenvalue weighted by Gasteiger charge is 2.07. The Morgan fingerprint density at radius 3 is 2.50 bits per heavy atom. The molecule has 1 aromatic heterocycles. The van der Waals surface area contributed by atoms with E-state index in [1.807, 2.05) is 6.92 Å². The van der Waals surface area contributed by atoms with Crippen molar-refractivity contribution in [1.29, 1.82) is 0 Å². The van der Waals surface area contributed by atoms with E-state index >= 15 is 0 Å². The van der Waals surface area contributed by atoms with Crippen molar-refractivity contribution in [3.63, 3.8) is 0 Å². The van der Waals surface area contributed by atoms with E-state index in [0.717, 1.165) is 35.4 Å². The van der Waals surface area contributed by atoms with E-state index < -0.39 is 0 Å². The van der Waals surface area contributed by atoms with Crippen molar-refractivity contribution >= 4 is 27.5 Å². The average molecular weight is 280 g/mol. The van der Waals surface area contributed by atoms with Gasteiger partial charge in [0, 0.05) is 18.1 Å². The van der Waals surface area contributed by atoms with E-state index in [4.69, 9.17) is 11.6 Å². The molecule has 14 heavy (non-hydrogen) atoms. The SMILES string of the molecule is Cc1nn(CCCCCCl)c(C)c1Br. The van der Waals surface area contributed by atoms with Crippen molar-refractivity contribution in [2.75, 3.05) is 5.88 Å². The van der Waals surface area contributed by atoms with Crippen LogP contribution in [0.4, 0.5) is 0 Å². The molecule has 0 aromatic carbocycles. The van der Waals surface area contributed by atoms with Crippen LogP contribution in [0.15, 0.2) is 4.47 Å². The molecule has 80 valence electrons. The number of aromatic nitrogens is 2. The normalized spacial score (nSPS) is 10.9. The van der Waals surface area contributed by atoms with Crippen LogP contribution in [-0.4, -0.2) is 15.7 Å². The molecule has 2 nitrogen and oxygen atoms in total. The van der Waals surface area contributed by atoms with Crippen molar-refractivity contribution in [2.24, 2.45) is 0 Å². The van der Waals surface area contributed by atoms with Crippen LogP contribution in [0.1, 0.15) is 30.7 Å². The first-order chi connectivity index (χ1) is 6.66. The summed E-state index contributed by atoms with van der Waals surface area (Å²) in [4.78, 5) is 0. The summed E-state index contributed by atoms with van der Waals surface area (Å²) in [6.07, 6.45) is 3.43. The third-order valence-corrected chi connectivity index (χ3v) is 3.71. The number of nitrogens with zero attached hydrogens (tertiary/aromatic N) is 2. The van der Waals surface area contributed by atoms with Gasteiger partial charge in [-0.3, -0.25) is 4.68 Å². The second-order valence-corrected chi connectivity index (χ2v) is 4.63. The fraction of sp³-hybridized carbons (Fsp3) is 0.700. The van der Waals surface area contributed by atoms with Gasteiger partial charge in [-0.05, 0) is 42.6 Å². The molecule has 0 amide bonds. The highest BCUT2D eigenvalue weighted by molar-refractivity contribution is 9.10. The summed E-state index contributed by atoms with van der Waals surface area (Å²) in [5.41, 5.74) is 2.29. The molecule has 0 spiro atoms. The lowest BCUT2D eigenvalue weighted by molar-refractivity contribution is 0.540. The standard InChI is InChI=1S/C10H16BrClN2/c1-8-10(11)9(2)14(13-8)7-5-3-4-6-12/h3-7H2,1-2H3. The maximum absolute atomic E-state index is 5.61. The quantitative estimate of drug-likeness (QED) is 0.594. The lowest BCUT2D eigenvalue weighted by Gasteiger charge is -2.03. The van der Waals surface area contributed by atoms with Gasteiger partial charge in [0.25, 0.3) is 0 Å². The van der Waals surface area contributed by atoms with E-state index in [0.29, 0.717) is 0 Å². The molecule has 1 aromatic rings. The Labute approximate surface area is 98.8 Å². The highest BCUT2D eigenvalue weighted by atomic mass is 79.9. The molecular weight excluding hydrogens is 263 g/mol. The molecule has 0 aliphatic carbocycles. The molecule has 0 bridgehead atoms. The van der Waals surface area contributed by atoms with Crippen LogP contribution in [0.2, 0.25) is 0 Å². The van der Waals surface area contributed by atoms with Gasteiger partial charge in [-0.1, -0.05) is 6.42 Å². The largest absolute Gasteiger partial charge is 0.268 e. The van der Waals surface area contributed by atoms with Gasteiger partial charge in [0.1, 0.15) is 0 Å². The van der Waals surface area contributed by atoms with Gasteiger partial charge >= 0.3 is 0 Å². The Morgan fingerprint density at radius 2 is 2.00 bits per heavy atom. The molecule has 0 aliphatic heterocycles. The molecule has 0 unspecified atom stereocenters. The van der Waals surface area contributed by atoms with E-state index in [2.05, 4.69) is 32.6 Å². The molecular formula is C10H16BrClN2. The van der Waals surface area contributed by atoms with Crippen molar-refractivity contribution in [3.8, 4) is 0 Å². The molecule has 1 heterocycles. The van der Waals surface area contributed by atoms with Gasteiger partial charge in [-0.15, -0.1) is 11.6 Å². The van der Waals surface area contributed by atoms with Gasteiger partial charge in [-0.2, -0.15) is 5.10 Å². The zero-order valence-corrected chi connectivity index (χ0v) is 11.0. The fourth-order valence-corrected chi connectivity index (χ4v) is 1.90. The smallest absolute Gasteiger partial charge is 0.0738 e. The zero-order chi connectivity index (χ0) is 10.6. The van der Waals surface area contributed by atoms with E-state index in [9.17, 15) is 0 Å². The number of unbranched alkanes of at least 4 members (excludes halogenated alkanes) is 2. The molecule has 0 aliphatic rings. The van der Waals surface area contributed by atoms with Crippen molar-refractivity contribution in [2.45, 2.75) is 39.7 Å². The van der Waals surface area contributed by atoms with Crippen molar-refractivity contribution in [1.82, 2.24) is 9.78 Å². The van der Waals surface area contributed by atoms with Crippen LogP contribution in [0, 0.1) is 13.8 Å². The molecule has 0 radical (unpaired) electrons. The minimum atomic E-state index is 0.765. The minimum absolute atomic E-state index is 0.765. The molecule has 0 atom stereocenters. The molecule has 0 saturated carbocycles. The summed E-state index contributed by atoms with van der Waals surface area (Å²) < 4.78 is 3.20. The summed E-state index contributed by atoms with van der Waals surface area (Å²) in [5.74, 6) is 0.765. The topological polar surface area (TPSA) is 17.8 Å². The number of halogens is 2. The third kappa shape index (κ3) is 2.99. The molecule has 0 saturated heterocycles. The first-order valence-electron chi connectivity index (χ1n) is 4.92. The molecule has 0 fully saturated rings. The summed E-state index contributed by atoms with van der Waals surface area (Å²) in [6.45, 7) is 5.10. The van der Waals surface area contributed by atoms with E-state index in [-0.39, 0.29) is 0 Å². The second kappa shape index (κ2) is 5.76. The van der Waals surface area contributed by atoms with Gasteiger partial charge in [0.05, 0.1) is 10.2 Å². The summed E-state index contributed by atoms with van der Waals surface area (Å²) in [5, 5.41) is 4.44. The number of hydrogen-bond acceptors (Lipinski definition) is 1. The first-order valence-corrected chi connectivity index (χ1v) is 6.25. The monoisotopic (exact) mass is 278 g/mol. The van der Waals surface area contributed by atoms with Crippen LogP contribution >= 0.6 is 27.5 Å². The van der Waals surface area contributed by atoms with Gasteiger partial charge in [-0.25, -0.2) is 0 Å².